The maximum absolute atomic E-state index is 11.9. The molecule has 0 saturated carbocycles. The number of hydrogen-bond donors (Lipinski definition) is 0. The number of aldehydes is 1. The van der Waals surface area contributed by atoms with Crippen LogP contribution in [0.4, 0.5) is 13.2 Å². The van der Waals surface area contributed by atoms with E-state index >= 15 is 0 Å². The molecule has 0 aliphatic heterocycles. The predicted octanol–water partition coefficient (Wildman–Crippen LogP) is 1.31. The Hall–Kier alpha value is -1.46. The molecule has 0 aliphatic carbocycles. The molecule has 0 spiro atoms. The van der Waals surface area contributed by atoms with Gasteiger partial charge in [0.25, 0.3) is 0 Å². The first-order valence-corrected chi connectivity index (χ1v) is 2.89. The second kappa shape index (κ2) is 2.88. The number of halogens is 3. The highest BCUT2D eigenvalue weighted by Gasteiger charge is 2.33. The van der Waals surface area contributed by atoms with E-state index in [9.17, 15) is 18.0 Å². The molecular formula is C6H3F3N2O. The van der Waals surface area contributed by atoms with Crippen LogP contribution in [0.1, 0.15) is 16.1 Å². The van der Waals surface area contributed by atoms with Gasteiger partial charge in [0.15, 0.2) is 12.0 Å². The third-order valence-electron chi connectivity index (χ3n) is 1.10. The van der Waals surface area contributed by atoms with Crippen LogP contribution in [-0.4, -0.2) is 16.5 Å². The number of carbonyl (C=O) groups is 1. The van der Waals surface area contributed by atoms with Crippen molar-refractivity contribution < 1.29 is 18.0 Å². The van der Waals surface area contributed by atoms with Crippen LogP contribution in [0.3, 0.4) is 0 Å². The number of rotatable bonds is 1. The molecule has 3 nitrogen and oxygen atoms in total. The molecule has 12 heavy (non-hydrogen) atoms. The third-order valence-corrected chi connectivity index (χ3v) is 1.10. The summed E-state index contributed by atoms with van der Waals surface area (Å²) in [6, 6.07) is 0.639. The molecule has 0 fully saturated rings. The summed E-state index contributed by atoms with van der Waals surface area (Å²) >= 11 is 0. The Balaban J connectivity index is 3.10. The maximum atomic E-state index is 11.9. The fourth-order valence-electron chi connectivity index (χ4n) is 0.585. The van der Waals surface area contributed by atoms with E-state index in [1.165, 1.54) is 0 Å². The minimum Gasteiger partial charge on any atom is -0.298 e. The Morgan fingerprint density at radius 3 is 2.58 bits per heavy atom. The van der Waals surface area contributed by atoms with Crippen molar-refractivity contribution in [1.82, 2.24) is 10.2 Å². The third kappa shape index (κ3) is 1.77. The Labute approximate surface area is 65.2 Å². The Morgan fingerprint density at radius 2 is 2.08 bits per heavy atom. The van der Waals surface area contributed by atoms with E-state index in [1.807, 2.05) is 0 Å². The first kappa shape index (κ1) is 8.63. The molecular weight excluding hydrogens is 173 g/mol. The summed E-state index contributed by atoms with van der Waals surface area (Å²) in [5, 5.41) is 5.85. The molecule has 0 amide bonds. The van der Waals surface area contributed by atoms with Gasteiger partial charge < -0.3 is 0 Å². The van der Waals surface area contributed by atoms with Crippen LogP contribution in [0.15, 0.2) is 12.3 Å². The summed E-state index contributed by atoms with van der Waals surface area (Å²) in [7, 11) is 0. The molecule has 1 aromatic heterocycles. The van der Waals surface area contributed by atoms with E-state index in [0.717, 1.165) is 6.20 Å². The van der Waals surface area contributed by atoms with Crippen LogP contribution >= 0.6 is 0 Å². The standard InChI is InChI=1S/C6H3F3N2O/c7-6(8,9)5-1-4(3-12)2-10-11-5/h1-3H. The van der Waals surface area contributed by atoms with Gasteiger partial charge in [-0.15, -0.1) is 5.10 Å². The highest BCUT2D eigenvalue weighted by molar-refractivity contribution is 5.74. The summed E-state index contributed by atoms with van der Waals surface area (Å²) in [4.78, 5) is 10.1. The minimum absolute atomic E-state index is 0.141. The first-order chi connectivity index (χ1) is 5.54. The second-order valence-corrected chi connectivity index (χ2v) is 1.99. The molecule has 6 heteroatoms. The lowest BCUT2D eigenvalue weighted by Gasteiger charge is -2.03. The predicted molar refractivity (Wildman–Crippen MR) is 32.4 cm³/mol. The largest absolute Gasteiger partial charge is 0.435 e. The van der Waals surface area contributed by atoms with E-state index in [-0.39, 0.29) is 11.8 Å². The Bertz CT molecular complexity index is 297. The average molecular weight is 176 g/mol. The average Bonchev–Trinajstić information content (AvgIpc) is 2.03. The first-order valence-electron chi connectivity index (χ1n) is 2.89. The van der Waals surface area contributed by atoms with Crippen molar-refractivity contribution in [2.75, 3.05) is 0 Å². The SMILES string of the molecule is O=Cc1cnnc(C(F)(F)F)c1. The highest BCUT2D eigenvalue weighted by Crippen LogP contribution is 2.26. The number of aromatic nitrogens is 2. The van der Waals surface area contributed by atoms with Crippen LogP contribution in [0, 0.1) is 0 Å². The van der Waals surface area contributed by atoms with Crippen LogP contribution in [-0.2, 0) is 6.18 Å². The van der Waals surface area contributed by atoms with Crippen molar-refractivity contribution >= 4 is 6.29 Å². The smallest absolute Gasteiger partial charge is 0.298 e. The van der Waals surface area contributed by atoms with Crippen LogP contribution in [0.25, 0.3) is 0 Å². The Morgan fingerprint density at radius 1 is 1.42 bits per heavy atom. The van der Waals surface area contributed by atoms with Gasteiger partial charge in [0.1, 0.15) is 0 Å². The van der Waals surface area contributed by atoms with Crippen molar-refractivity contribution in [2.45, 2.75) is 6.18 Å². The summed E-state index contributed by atoms with van der Waals surface area (Å²) in [5.41, 5.74) is -1.30. The summed E-state index contributed by atoms with van der Waals surface area (Å²) in [6.45, 7) is 0. The van der Waals surface area contributed by atoms with E-state index in [0.29, 0.717) is 6.07 Å². The summed E-state index contributed by atoms with van der Waals surface area (Å²) in [6.07, 6.45) is -3.31. The number of alkyl halides is 3. The van der Waals surface area contributed by atoms with Crippen molar-refractivity contribution in [1.29, 1.82) is 0 Å². The topological polar surface area (TPSA) is 42.9 Å². The van der Waals surface area contributed by atoms with Gasteiger partial charge in [-0.05, 0) is 6.07 Å². The molecule has 0 atom stereocenters. The van der Waals surface area contributed by atoms with Crippen molar-refractivity contribution in [3.05, 3.63) is 23.5 Å². The number of nitrogens with zero attached hydrogens (tertiary/aromatic N) is 2. The minimum atomic E-state index is -4.55. The molecule has 0 radical (unpaired) electrons. The lowest BCUT2D eigenvalue weighted by Crippen LogP contribution is -2.09. The quantitative estimate of drug-likeness (QED) is 0.606. The number of carbonyl (C=O) groups excluding carboxylic acids is 1. The van der Waals surface area contributed by atoms with Gasteiger partial charge >= 0.3 is 6.18 Å². The van der Waals surface area contributed by atoms with Crippen molar-refractivity contribution in [2.24, 2.45) is 0 Å². The monoisotopic (exact) mass is 176 g/mol. The van der Waals surface area contributed by atoms with E-state index in [2.05, 4.69) is 10.2 Å². The van der Waals surface area contributed by atoms with Crippen LogP contribution in [0.5, 0.6) is 0 Å². The molecule has 0 aliphatic rings. The lowest BCUT2D eigenvalue weighted by molar-refractivity contribution is -0.141. The maximum Gasteiger partial charge on any atom is 0.435 e. The molecule has 64 valence electrons. The summed E-state index contributed by atoms with van der Waals surface area (Å²) in [5.74, 6) is 0. The fourth-order valence-corrected chi connectivity index (χ4v) is 0.585. The van der Waals surface area contributed by atoms with Gasteiger partial charge in [0.05, 0.1) is 6.20 Å². The second-order valence-electron chi connectivity index (χ2n) is 1.99. The van der Waals surface area contributed by atoms with E-state index in [4.69, 9.17) is 0 Å². The zero-order chi connectivity index (χ0) is 9.19. The van der Waals surface area contributed by atoms with Gasteiger partial charge in [-0.25, -0.2) is 0 Å². The lowest BCUT2D eigenvalue weighted by atomic mass is 10.3. The molecule has 1 rings (SSSR count). The Kier molecular flexibility index (Phi) is 2.07. The molecule has 1 heterocycles. The van der Waals surface area contributed by atoms with Crippen LogP contribution in [0.2, 0.25) is 0 Å². The van der Waals surface area contributed by atoms with Crippen molar-refractivity contribution in [3.63, 3.8) is 0 Å². The van der Waals surface area contributed by atoms with Gasteiger partial charge in [0, 0.05) is 5.56 Å². The fraction of sp³-hybridized carbons (Fsp3) is 0.167. The highest BCUT2D eigenvalue weighted by atomic mass is 19.4. The zero-order valence-electron chi connectivity index (χ0n) is 5.67. The van der Waals surface area contributed by atoms with Gasteiger partial charge in [-0.1, -0.05) is 0 Å². The van der Waals surface area contributed by atoms with Gasteiger partial charge in [0.2, 0.25) is 0 Å². The van der Waals surface area contributed by atoms with Gasteiger partial charge in [-0.2, -0.15) is 18.3 Å². The van der Waals surface area contributed by atoms with Crippen molar-refractivity contribution in [3.8, 4) is 0 Å². The molecule has 1 aromatic rings. The molecule has 0 unspecified atom stereocenters. The van der Waals surface area contributed by atoms with E-state index < -0.39 is 11.9 Å². The van der Waals surface area contributed by atoms with Gasteiger partial charge in [-0.3, -0.25) is 4.79 Å². The number of hydrogen-bond acceptors (Lipinski definition) is 3. The normalized spacial score (nSPS) is 11.2. The molecule has 0 N–H and O–H groups in total. The summed E-state index contributed by atoms with van der Waals surface area (Å²) < 4.78 is 35.7. The molecule has 0 aromatic carbocycles. The van der Waals surface area contributed by atoms with E-state index in [1.54, 1.807) is 0 Å². The van der Waals surface area contributed by atoms with Crippen LogP contribution < -0.4 is 0 Å². The molecule has 0 bridgehead atoms. The molecule has 0 saturated heterocycles. The zero-order valence-corrected chi connectivity index (χ0v) is 5.67.